The van der Waals surface area contributed by atoms with Crippen molar-refractivity contribution < 1.29 is 28.3 Å². The number of carbonyl (C=O) groups excluding carboxylic acids is 3. The van der Waals surface area contributed by atoms with Gasteiger partial charge >= 0.3 is 11.9 Å². The molecular weight excluding hydrogens is 440 g/mol. The predicted octanol–water partition coefficient (Wildman–Crippen LogP) is 4.81. The number of ketones is 1. The van der Waals surface area contributed by atoms with E-state index in [4.69, 9.17) is 13.9 Å². The van der Waals surface area contributed by atoms with Crippen molar-refractivity contribution in [2.75, 3.05) is 6.61 Å². The van der Waals surface area contributed by atoms with Gasteiger partial charge in [0, 0.05) is 21.7 Å². The van der Waals surface area contributed by atoms with Crippen LogP contribution in [-0.4, -0.2) is 24.3 Å². The zero-order chi connectivity index (χ0) is 20.5. The maximum atomic E-state index is 12.8. The fraction of sp³-hybridized carbons (Fsp3) is 0.500. The van der Waals surface area contributed by atoms with Gasteiger partial charge in [0.2, 0.25) is 5.76 Å². The molecule has 0 N–H and O–H groups in total. The summed E-state index contributed by atoms with van der Waals surface area (Å²) in [6.45, 7) is 1.87. The first-order valence-corrected chi connectivity index (χ1v) is 10.9. The molecule has 0 unspecified atom stereocenters. The van der Waals surface area contributed by atoms with Crippen LogP contribution in [0.5, 0.6) is 0 Å². The molecule has 0 amide bonds. The molecule has 7 heteroatoms. The Kier molecular flexibility index (Phi) is 5.76. The van der Waals surface area contributed by atoms with Gasteiger partial charge in [0.1, 0.15) is 18.0 Å². The summed E-state index contributed by atoms with van der Waals surface area (Å²) in [6.07, 6.45) is 3.92. The van der Waals surface area contributed by atoms with Gasteiger partial charge in [-0.25, -0.2) is 4.79 Å². The first-order chi connectivity index (χ1) is 14.0. The van der Waals surface area contributed by atoms with Crippen LogP contribution in [0.25, 0.3) is 11.0 Å². The number of hydrogen-bond acceptors (Lipinski definition) is 6. The minimum atomic E-state index is -0.580. The van der Waals surface area contributed by atoms with Crippen LogP contribution >= 0.6 is 15.9 Å². The lowest BCUT2D eigenvalue weighted by atomic mass is 9.67. The number of fused-ring (bicyclic) bond motifs is 3. The topological polar surface area (TPSA) is 82.8 Å². The second-order valence-corrected chi connectivity index (χ2v) is 8.69. The van der Waals surface area contributed by atoms with Crippen LogP contribution < -0.4 is 0 Å². The van der Waals surface area contributed by atoms with E-state index in [9.17, 15) is 14.4 Å². The summed E-state index contributed by atoms with van der Waals surface area (Å²) in [6, 6.07) is 5.39. The molecule has 1 heterocycles. The zero-order valence-electron chi connectivity index (χ0n) is 16.2. The van der Waals surface area contributed by atoms with Crippen molar-refractivity contribution in [3.05, 3.63) is 34.0 Å². The largest absolute Gasteiger partial charge is 0.460 e. The number of furan rings is 1. The van der Waals surface area contributed by atoms with Crippen molar-refractivity contribution in [2.45, 2.75) is 45.6 Å². The van der Waals surface area contributed by atoms with Gasteiger partial charge in [0.05, 0.1) is 18.1 Å². The fourth-order valence-electron chi connectivity index (χ4n) is 4.56. The molecule has 1 aromatic heterocycles. The van der Waals surface area contributed by atoms with Crippen LogP contribution in [0, 0.1) is 17.8 Å². The van der Waals surface area contributed by atoms with E-state index in [1.807, 2.05) is 12.1 Å². The van der Waals surface area contributed by atoms with Crippen LogP contribution in [0.2, 0.25) is 0 Å². The van der Waals surface area contributed by atoms with Gasteiger partial charge in [0.15, 0.2) is 0 Å². The molecule has 2 saturated carbocycles. The maximum absolute atomic E-state index is 12.8. The third kappa shape index (κ3) is 3.97. The monoisotopic (exact) mass is 462 g/mol. The zero-order valence-corrected chi connectivity index (χ0v) is 17.8. The Morgan fingerprint density at radius 3 is 2.59 bits per heavy atom. The molecule has 0 spiro atoms. The highest BCUT2D eigenvalue weighted by atomic mass is 79.9. The van der Waals surface area contributed by atoms with E-state index >= 15 is 0 Å². The molecule has 2 atom stereocenters. The summed E-state index contributed by atoms with van der Waals surface area (Å²) in [4.78, 5) is 37.3. The van der Waals surface area contributed by atoms with Gasteiger partial charge in [-0.15, -0.1) is 0 Å². The number of halogens is 1. The average Bonchev–Trinajstić information content (AvgIpc) is 3.04. The van der Waals surface area contributed by atoms with Crippen LogP contribution in [0.15, 0.2) is 27.1 Å². The van der Waals surface area contributed by atoms with Crippen LogP contribution in [-0.2, 0) is 25.7 Å². The second kappa shape index (κ2) is 8.30. The number of esters is 2. The van der Waals surface area contributed by atoms with Crippen LogP contribution in [0.1, 0.15) is 55.1 Å². The summed E-state index contributed by atoms with van der Waals surface area (Å²) in [7, 11) is 0. The number of benzene rings is 1. The Balaban J connectivity index is 1.53. The molecule has 29 heavy (non-hydrogen) atoms. The van der Waals surface area contributed by atoms with Gasteiger partial charge in [-0.1, -0.05) is 22.4 Å². The van der Waals surface area contributed by atoms with Crippen molar-refractivity contribution in [1.29, 1.82) is 0 Å². The minimum absolute atomic E-state index is 0.0131. The highest BCUT2D eigenvalue weighted by molar-refractivity contribution is 9.10. The smallest absolute Gasteiger partial charge is 0.374 e. The van der Waals surface area contributed by atoms with Crippen molar-refractivity contribution in [1.82, 2.24) is 0 Å². The Bertz CT molecular complexity index is 946. The summed E-state index contributed by atoms with van der Waals surface area (Å²) in [5, 5.41) is 0.700. The number of hydrogen-bond donors (Lipinski definition) is 0. The van der Waals surface area contributed by atoms with Crippen molar-refractivity contribution in [2.24, 2.45) is 17.8 Å². The molecular formula is C22H23BrO6. The first kappa shape index (κ1) is 20.1. The van der Waals surface area contributed by atoms with Crippen LogP contribution in [0.3, 0.4) is 0 Å². The Hall–Kier alpha value is -2.15. The molecule has 0 saturated heterocycles. The fourth-order valence-corrected chi connectivity index (χ4v) is 4.92. The van der Waals surface area contributed by atoms with Gasteiger partial charge in [-0.05, 0) is 50.8 Å². The van der Waals surface area contributed by atoms with Crippen molar-refractivity contribution >= 4 is 44.6 Å². The first-order valence-electron chi connectivity index (χ1n) is 10.1. The predicted molar refractivity (Wildman–Crippen MR) is 108 cm³/mol. The number of carbonyl (C=O) groups is 3. The van der Waals surface area contributed by atoms with E-state index in [-0.39, 0.29) is 42.7 Å². The highest BCUT2D eigenvalue weighted by Gasteiger charge is 2.42. The molecule has 2 aromatic rings. The molecule has 2 fully saturated rings. The number of ether oxygens (including phenoxy) is 2. The van der Waals surface area contributed by atoms with Crippen molar-refractivity contribution in [3.8, 4) is 0 Å². The van der Waals surface area contributed by atoms with E-state index < -0.39 is 5.97 Å². The lowest BCUT2D eigenvalue weighted by Crippen LogP contribution is -2.39. The Labute approximate surface area is 177 Å². The van der Waals surface area contributed by atoms with E-state index in [1.165, 1.54) is 0 Å². The standard InChI is InChI=1S/C22H23BrO6/c1-2-27-22(26)20-17(16-10-15(23)6-7-18(16)29-20)11-28-21(25)14-8-12-4-3-5-13(9-14)19(12)24/h6-7,10,12-14H,2-5,8-9,11H2,1H3/t12-,13-/m0/s1. The summed E-state index contributed by atoms with van der Waals surface area (Å²) in [5.41, 5.74) is 1.03. The second-order valence-electron chi connectivity index (χ2n) is 7.77. The van der Waals surface area contributed by atoms with E-state index in [0.717, 1.165) is 23.7 Å². The molecule has 154 valence electrons. The molecule has 6 nitrogen and oxygen atoms in total. The van der Waals surface area contributed by atoms with Crippen molar-refractivity contribution in [3.63, 3.8) is 0 Å². The van der Waals surface area contributed by atoms with E-state index in [1.54, 1.807) is 13.0 Å². The third-order valence-corrected chi connectivity index (χ3v) is 6.45. The molecule has 0 aliphatic heterocycles. The van der Waals surface area contributed by atoms with Gasteiger partial charge < -0.3 is 13.9 Å². The number of rotatable bonds is 5. The summed E-state index contributed by atoms with van der Waals surface area (Å²) < 4.78 is 17.2. The normalized spacial score (nSPS) is 23.8. The lowest BCUT2D eigenvalue weighted by Gasteiger charge is -2.36. The van der Waals surface area contributed by atoms with Crippen LogP contribution in [0.4, 0.5) is 0 Å². The number of Topliss-reactive ketones (excluding diaryl/α,β-unsaturated/α-hetero) is 1. The third-order valence-electron chi connectivity index (χ3n) is 5.95. The quantitative estimate of drug-likeness (QED) is 0.592. The van der Waals surface area contributed by atoms with Gasteiger partial charge in [0.25, 0.3) is 0 Å². The molecule has 1 aromatic carbocycles. The molecule has 2 bridgehead atoms. The SMILES string of the molecule is CCOC(=O)c1oc2ccc(Br)cc2c1COC(=O)C1C[C@@H]2CCC[C@@H](C1)C2=O. The Morgan fingerprint density at radius 2 is 1.90 bits per heavy atom. The summed E-state index contributed by atoms with van der Waals surface area (Å²) in [5.74, 6) is -0.808. The minimum Gasteiger partial charge on any atom is -0.460 e. The molecule has 0 radical (unpaired) electrons. The summed E-state index contributed by atoms with van der Waals surface area (Å²) >= 11 is 3.42. The van der Waals surface area contributed by atoms with E-state index in [2.05, 4.69) is 15.9 Å². The average molecular weight is 463 g/mol. The molecule has 4 rings (SSSR count). The van der Waals surface area contributed by atoms with E-state index in [0.29, 0.717) is 35.2 Å². The lowest BCUT2D eigenvalue weighted by molar-refractivity contribution is -0.154. The molecule has 2 aliphatic carbocycles. The maximum Gasteiger partial charge on any atom is 0.374 e. The van der Waals surface area contributed by atoms with Gasteiger partial charge in [-0.3, -0.25) is 9.59 Å². The molecule has 2 aliphatic rings. The highest BCUT2D eigenvalue weighted by Crippen LogP contribution is 2.40. The van der Waals surface area contributed by atoms with Gasteiger partial charge in [-0.2, -0.15) is 0 Å². The Morgan fingerprint density at radius 1 is 1.17 bits per heavy atom.